The van der Waals surface area contributed by atoms with E-state index in [0.29, 0.717) is 0 Å². The van der Waals surface area contributed by atoms with Gasteiger partial charge in [-0.25, -0.2) is 13.1 Å². The van der Waals surface area contributed by atoms with E-state index in [1.165, 1.54) is 12.1 Å². The molecule has 0 saturated carbocycles. The topological polar surface area (TPSA) is 58.6 Å². The summed E-state index contributed by atoms with van der Waals surface area (Å²) in [4.78, 5) is 1.30. The molecular weight excluding hydrogens is 438 g/mol. The fourth-order valence-electron chi connectivity index (χ4n) is 2.56. The van der Waals surface area contributed by atoms with Crippen LogP contribution in [0.25, 0.3) is 0 Å². The van der Waals surface area contributed by atoms with Crippen LogP contribution in [0, 0.1) is 0 Å². The average molecular weight is 456 g/mol. The normalized spacial score (nSPS) is 14.0. The van der Waals surface area contributed by atoms with E-state index in [4.69, 9.17) is 0 Å². The van der Waals surface area contributed by atoms with Crippen LogP contribution in [-0.4, -0.2) is 40.3 Å². The van der Waals surface area contributed by atoms with Crippen molar-refractivity contribution in [2.75, 3.05) is 20.6 Å². The van der Waals surface area contributed by atoms with Crippen LogP contribution in [0.15, 0.2) is 53.4 Å². The van der Waals surface area contributed by atoms with Crippen LogP contribution in [0.4, 0.5) is 26.3 Å². The molecule has 2 aromatic carbocycles. The highest BCUT2D eigenvalue weighted by Crippen LogP contribution is 2.30. The molecule has 0 aromatic heterocycles. The van der Waals surface area contributed by atoms with Gasteiger partial charge in [-0.15, -0.1) is 13.2 Å². The van der Waals surface area contributed by atoms with E-state index in [1.807, 2.05) is 0 Å². The Morgan fingerprint density at radius 3 is 1.90 bits per heavy atom. The number of halogens is 6. The highest BCUT2D eigenvalue weighted by Gasteiger charge is 2.32. The highest BCUT2D eigenvalue weighted by molar-refractivity contribution is 7.89. The number of rotatable bonds is 7. The summed E-state index contributed by atoms with van der Waals surface area (Å²) in [7, 11) is -0.893. The van der Waals surface area contributed by atoms with Crippen LogP contribution in [0.2, 0.25) is 0 Å². The molecule has 0 amide bonds. The Labute approximate surface area is 169 Å². The van der Waals surface area contributed by atoms with Crippen molar-refractivity contribution in [3.05, 3.63) is 59.7 Å². The number of hydrogen-bond donors (Lipinski definition) is 1. The van der Waals surface area contributed by atoms with Crippen LogP contribution < -0.4 is 9.46 Å². The van der Waals surface area contributed by atoms with Gasteiger partial charge in [-0.3, -0.25) is 0 Å². The summed E-state index contributed by atoms with van der Waals surface area (Å²) in [6, 6.07) is 6.68. The van der Waals surface area contributed by atoms with Crippen molar-refractivity contribution in [2.24, 2.45) is 0 Å². The molecule has 1 atom stereocenters. The van der Waals surface area contributed by atoms with Crippen molar-refractivity contribution in [3.63, 3.8) is 0 Å². The predicted octanol–water partition coefficient (Wildman–Crippen LogP) is 4.19. The summed E-state index contributed by atoms with van der Waals surface area (Å²) in [6.07, 6.45) is -9.45. The van der Waals surface area contributed by atoms with E-state index in [1.54, 1.807) is 19.0 Å². The molecule has 2 aromatic rings. The summed E-state index contributed by atoms with van der Waals surface area (Å²) >= 11 is 0. The summed E-state index contributed by atoms with van der Waals surface area (Å²) in [6.45, 7) is 0.125. The van der Waals surface area contributed by atoms with Crippen LogP contribution in [-0.2, 0) is 16.2 Å². The van der Waals surface area contributed by atoms with Crippen LogP contribution in [0.1, 0.15) is 17.2 Å². The molecule has 0 aliphatic rings. The Kier molecular flexibility index (Phi) is 7.05. The van der Waals surface area contributed by atoms with Gasteiger partial charge in [-0.1, -0.05) is 12.1 Å². The van der Waals surface area contributed by atoms with E-state index in [0.717, 1.165) is 36.4 Å². The zero-order chi connectivity index (χ0) is 22.7. The van der Waals surface area contributed by atoms with Crippen molar-refractivity contribution in [1.82, 2.24) is 9.62 Å². The second-order valence-corrected chi connectivity index (χ2v) is 8.29. The van der Waals surface area contributed by atoms with Gasteiger partial charge >= 0.3 is 12.5 Å². The van der Waals surface area contributed by atoms with Gasteiger partial charge < -0.3 is 9.64 Å². The first-order valence-electron chi connectivity index (χ1n) is 8.37. The average Bonchev–Trinajstić information content (AvgIpc) is 2.59. The van der Waals surface area contributed by atoms with E-state index in [-0.39, 0.29) is 17.0 Å². The lowest BCUT2D eigenvalue weighted by Gasteiger charge is -2.23. The first-order chi connectivity index (χ1) is 13.7. The second kappa shape index (κ2) is 8.82. The number of ether oxygens (including phenoxy) is 1. The zero-order valence-electron chi connectivity index (χ0n) is 15.8. The van der Waals surface area contributed by atoms with Crippen molar-refractivity contribution in [3.8, 4) is 5.75 Å². The minimum atomic E-state index is -4.92. The molecule has 0 fully saturated rings. The maximum Gasteiger partial charge on any atom is 0.573 e. The first kappa shape index (κ1) is 24.0. The van der Waals surface area contributed by atoms with Crippen molar-refractivity contribution in [1.29, 1.82) is 0 Å². The number of sulfonamides is 1. The summed E-state index contributed by atoms with van der Waals surface area (Å²) in [5.41, 5.74) is -0.588. The first-order valence-corrected chi connectivity index (χ1v) is 9.86. The Bertz CT molecular complexity index is 940. The molecule has 0 unspecified atom stereocenters. The zero-order valence-corrected chi connectivity index (χ0v) is 16.6. The molecule has 0 aliphatic heterocycles. The third kappa shape index (κ3) is 6.89. The number of alkyl halides is 6. The quantitative estimate of drug-likeness (QED) is 0.635. The maximum atomic E-state index is 12.8. The number of benzene rings is 2. The molecule has 0 spiro atoms. The van der Waals surface area contributed by atoms with Gasteiger partial charge in [0.15, 0.2) is 0 Å². The minimum absolute atomic E-state index is 0.125. The molecule has 2 rings (SSSR count). The van der Waals surface area contributed by atoms with E-state index in [9.17, 15) is 34.8 Å². The molecule has 5 nitrogen and oxygen atoms in total. The third-order valence-corrected chi connectivity index (χ3v) is 5.34. The monoisotopic (exact) mass is 456 g/mol. The summed E-state index contributed by atoms with van der Waals surface area (Å²) in [5.74, 6) is -0.589. The lowest BCUT2D eigenvalue weighted by molar-refractivity contribution is -0.274. The van der Waals surface area contributed by atoms with Gasteiger partial charge in [0, 0.05) is 6.54 Å². The number of hydrogen-bond acceptors (Lipinski definition) is 4. The van der Waals surface area contributed by atoms with E-state index < -0.39 is 39.9 Å². The molecule has 1 N–H and O–H groups in total. The van der Waals surface area contributed by atoms with Gasteiger partial charge in [0.25, 0.3) is 0 Å². The molecule has 0 radical (unpaired) electrons. The molecular formula is C18H18F6N2O3S. The highest BCUT2D eigenvalue weighted by atomic mass is 32.2. The Hall–Kier alpha value is -2.31. The van der Waals surface area contributed by atoms with E-state index >= 15 is 0 Å². The molecule has 0 heterocycles. The largest absolute Gasteiger partial charge is 0.573 e. The predicted molar refractivity (Wildman–Crippen MR) is 96.2 cm³/mol. The summed E-state index contributed by atoms with van der Waals surface area (Å²) < 4.78 is 106. The fourth-order valence-corrected chi connectivity index (χ4v) is 3.77. The molecule has 12 heteroatoms. The smallest absolute Gasteiger partial charge is 0.406 e. The number of nitrogens with one attached hydrogen (secondary N) is 1. The van der Waals surface area contributed by atoms with Crippen LogP contribution in [0.3, 0.4) is 0 Å². The van der Waals surface area contributed by atoms with Gasteiger partial charge in [-0.05, 0) is 56.1 Å². The molecule has 0 aliphatic carbocycles. The number of likely N-dealkylation sites (N-methyl/N-ethyl adjacent to an activating group) is 1. The molecule has 0 bridgehead atoms. The lowest BCUT2D eigenvalue weighted by Crippen LogP contribution is -2.35. The van der Waals surface area contributed by atoms with Gasteiger partial charge in [0.2, 0.25) is 10.0 Å². The van der Waals surface area contributed by atoms with Crippen LogP contribution >= 0.6 is 0 Å². The van der Waals surface area contributed by atoms with Crippen molar-refractivity contribution < 1.29 is 39.5 Å². The summed E-state index contributed by atoms with van der Waals surface area (Å²) in [5, 5.41) is 0. The standard InChI is InChI=1S/C18H18F6N2O3S/c1-26(2)11-16(12-3-5-13(6-4-12)17(19,20)21)25-30(27,28)15-9-7-14(8-10-15)29-18(22,23)24/h3-10,16,25H,11H2,1-2H3/t16-/m1/s1. The van der Waals surface area contributed by atoms with Crippen LogP contribution in [0.5, 0.6) is 5.75 Å². The maximum absolute atomic E-state index is 12.8. The molecule has 0 saturated heterocycles. The third-order valence-electron chi connectivity index (χ3n) is 3.85. The Morgan fingerprint density at radius 1 is 0.933 bits per heavy atom. The second-order valence-electron chi connectivity index (χ2n) is 6.58. The Morgan fingerprint density at radius 2 is 1.47 bits per heavy atom. The Balaban J connectivity index is 2.26. The van der Waals surface area contributed by atoms with Crippen molar-refractivity contribution in [2.45, 2.75) is 23.5 Å². The van der Waals surface area contributed by atoms with Gasteiger partial charge in [-0.2, -0.15) is 13.2 Å². The van der Waals surface area contributed by atoms with E-state index in [2.05, 4.69) is 9.46 Å². The molecule has 166 valence electrons. The van der Waals surface area contributed by atoms with Crippen molar-refractivity contribution >= 4 is 10.0 Å². The lowest BCUT2D eigenvalue weighted by atomic mass is 10.1. The van der Waals surface area contributed by atoms with Gasteiger partial charge in [0.05, 0.1) is 16.5 Å². The fraction of sp³-hybridized carbons (Fsp3) is 0.333. The SMILES string of the molecule is CN(C)C[C@@H](NS(=O)(=O)c1ccc(OC(F)(F)F)cc1)c1ccc(C(F)(F)F)cc1. The minimum Gasteiger partial charge on any atom is -0.406 e. The number of nitrogens with zero attached hydrogens (tertiary/aromatic N) is 1. The molecule has 30 heavy (non-hydrogen) atoms. The van der Waals surface area contributed by atoms with Gasteiger partial charge in [0.1, 0.15) is 5.75 Å².